The Hall–Kier alpha value is -1.18. The summed E-state index contributed by atoms with van der Waals surface area (Å²) < 4.78 is 0. The molecule has 1 aromatic carbocycles. The molecule has 1 fully saturated rings. The fraction of sp³-hybridized carbons (Fsp3) is 0.462. The smallest absolute Gasteiger partial charge is 0.0992 e. The molecule has 0 spiro atoms. The van der Waals surface area contributed by atoms with Gasteiger partial charge in [-0.05, 0) is 18.2 Å². The number of nitrogens with zero attached hydrogens (tertiary/aromatic N) is 3. The van der Waals surface area contributed by atoms with Crippen molar-refractivity contribution in [1.82, 2.24) is 4.90 Å². The van der Waals surface area contributed by atoms with Crippen LogP contribution in [-0.4, -0.2) is 43.4 Å². The van der Waals surface area contributed by atoms with E-state index < -0.39 is 0 Å². The first-order valence-corrected chi connectivity index (χ1v) is 6.55. The summed E-state index contributed by atoms with van der Waals surface area (Å²) in [4.78, 5) is 4.77. The average Bonchev–Trinajstić information content (AvgIpc) is 2.40. The van der Waals surface area contributed by atoms with Crippen molar-refractivity contribution >= 4 is 18.3 Å². The van der Waals surface area contributed by atoms with E-state index in [1.165, 1.54) is 0 Å². The Morgan fingerprint density at radius 3 is 2.65 bits per heavy atom. The Kier molecular flexibility index (Phi) is 4.29. The Morgan fingerprint density at radius 1 is 1.24 bits per heavy atom. The van der Waals surface area contributed by atoms with Crippen LogP contribution in [0.5, 0.6) is 0 Å². The van der Waals surface area contributed by atoms with Crippen LogP contribution in [0.2, 0.25) is 0 Å². The molecule has 1 aromatic rings. The van der Waals surface area contributed by atoms with Crippen LogP contribution in [0.4, 0.5) is 5.69 Å². The molecule has 0 atom stereocenters. The molecule has 0 aliphatic carbocycles. The van der Waals surface area contributed by atoms with Gasteiger partial charge in [0.15, 0.2) is 0 Å². The van der Waals surface area contributed by atoms with E-state index in [1.807, 2.05) is 18.2 Å². The summed E-state index contributed by atoms with van der Waals surface area (Å²) in [7, 11) is 0. The molecule has 0 N–H and O–H groups in total. The van der Waals surface area contributed by atoms with Crippen LogP contribution in [0.3, 0.4) is 0 Å². The van der Waals surface area contributed by atoms with Crippen molar-refractivity contribution in [2.24, 2.45) is 0 Å². The van der Waals surface area contributed by atoms with Crippen molar-refractivity contribution < 1.29 is 0 Å². The van der Waals surface area contributed by atoms with Gasteiger partial charge in [0.05, 0.1) is 11.6 Å². The van der Waals surface area contributed by atoms with Gasteiger partial charge in [0.1, 0.15) is 0 Å². The van der Waals surface area contributed by atoms with Crippen LogP contribution in [0.25, 0.3) is 0 Å². The summed E-state index contributed by atoms with van der Waals surface area (Å²) >= 11 is 4.26. The number of thiol groups is 1. The molecule has 1 saturated heterocycles. The largest absolute Gasteiger partial charge is 0.369 e. The van der Waals surface area contributed by atoms with Crippen molar-refractivity contribution in [3.05, 3.63) is 29.8 Å². The lowest BCUT2D eigenvalue weighted by molar-refractivity contribution is 0.273. The van der Waals surface area contributed by atoms with Gasteiger partial charge < -0.3 is 4.90 Å². The number of anilines is 1. The normalized spacial score (nSPS) is 16.8. The molecule has 1 heterocycles. The molecular weight excluding hydrogens is 230 g/mol. The van der Waals surface area contributed by atoms with Gasteiger partial charge in [-0.25, -0.2) is 0 Å². The topological polar surface area (TPSA) is 30.3 Å². The molecule has 0 amide bonds. The minimum atomic E-state index is 0.736. The van der Waals surface area contributed by atoms with E-state index in [1.54, 1.807) is 0 Å². The van der Waals surface area contributed by atoms with E-state index in [-0.39, 0.29) is 0 Å². The van der Waals surface area contributed by atoms with Crippen molar-refractivity contribution in [3.8, 4) is 6.07 Å². The zero-order valence-corrected chi connectivity index (χ0v) is 10.7. The van der Waals surface area contributed by atoms with Gasteiger partial charge >= 0.3 is 0 Å². The molecule has 2 rings (SSSR count). The maximum atomic E-state index is 8.89. The molecule has 0 bridgehead atoms. The SMILES string of the molecule is N#Cc1cccc(N2CCN(CCS)CC2)c1. The van der Waals surface area contributed by atoms with E-state index in [0.29, 0.717) is 0 Å². The molecule has 1 aliphatic rings. The second-order valence-corrected chi connectivity index (χ2v) is 4.66. The van der Waals surface area contributed by atoms with Crippen LogP contribution in [-0.2, 0) is 0 Å². The predicted octanol–water partition coefficient (Wildman–Crippen LogP) is 1.61. The summed E-state index contributed by atoms with van der Waals surface area (Å²) in [5.74, 6) is 0.921. The fourth-order valence-electron chi connectivity index (χ4n) is 2.14. The lowest BCUT2D eigenvalue weighted by Crippen LogP contribution is -2.46. The lowest BCUT2D eigenvalue weighted by atomic mass is 10.2. The minimum absolute atomic E-state index is 0.736. The van der Waals surface area contributed by atoms with E-state index in [0.717, 1.165) is 49.7 Å². The van der Waals surface area contributed by atoms with Gasteiger partial charge in [-0.2, -0.15) is 17.9 Å². The molecule has 3 nitrogen and oxygen atoms in total. The number of hydrogen-bond donors (Lipinski definition) is 1. The number of nitriles is 1. The summed E-state index contributed by atoms with van der Waals surface area (Å²) in [5, 5.41) is 8.89. The highest BCUT2D eigenvalue weighted by Gasteiger charge is 2.16. The van der Waals surface area contributed by atoms with Gasteiger partial charge in [0, 0.05) is 44.2 Å². The van der Waals surface area contributed by atoms with Gasteiger partial charge in [-0.15, -0.1) is 0 Å². The zero-order valence-electron chi connectivity index (χ0n) is 9.84. The first-order valence-electron chi connectivity index (χ1n) is 5.92. The van der Waals surface area contributed by atoms with Crippen molar-refractivity contribution in [2.45, 2.75) is 0 Å². The number of rotatable bonds is 3. The summed E-state index contributed by atoms with van der Waals surface area (Å²) in [6.45, 7) is 5.29. The Labute approximate surface area is 108 Å². The molecular formula is C13H17N3S. The first-order chi connectivity index (χ1) is 8.33. The second-order valence-electron chi connectivity index (χ2n) is 4.21. The van der Waals surface area contributed by atoms with Gasteiger partial charge in [0.2, 0.25) is 0 Å². The highest BCUT2D eigenvalue weighted by Crippen LogP contribution is 2.17. The van der Waals surface area contributed by atoms with Gasteiger partial charge in [-0.1, -0.05) is 6.07 Å². The van der Waals surface area contributed by atoms with Crippen LogP contribution in [0, 0.1) is 11.3 Å². The highest BCUT2D eigenvalue weighted by atomic mass is 32.1. The fourth-order valence-corrected chi connectivity index (χ4v) is 2.43. The Balaban J connectivity index is 1.98. The third kappa shape index (κ3) is 3.15. The summed E-state index contributed by atoms with van der Waals surface area (Å²) in [6.07, 6.45) is 0. The van der Waals surface area contributed by atoms with Crippen LogP contribution >= 0.6 is 12.6 Å². The maximum absolute atomic E-state index is 8.89. The predicted molar refractivity (Wildman–Crippen MR) is 73.7 cm³/mol. The van der Waals surface area contributed by atoms with Gasteiger partial charge in [0.25, 0.3) is 0 Å². The van der Waals surface area contributed by atoms with E-state index >= 15 is 0 Å². The molecule has 0 aromatic heterocycles. The lowest BCUT2D eigenvalue weighted by Gasteiger charge is -2.35. The minimum Gasteiger partial charge on any atom is -0.369 e. The number of piperazine rings is 1. The monoisotopic (exact) mass is 247 g/mol. The number of benzene rings is 1. The average molecular weight is 247 g/mol. The van der Waals surface area contributed by atoms with Crippen molar-refractivity contribution in [1.29, 1.82) is 5.26 Å². The van der Waals surface area contributed by atoms with Crippen LogP contribution in [0.1, 0.15) is 5.56 Å². The Morgan fingerprint density at radius 2 is 2.00 bits per heavy atom. The van der Waals surface area contributed by atoms with Crippen molar-refractivity contribution in [3.63, 3.8) is 0 Å². The Bertz CT molecular complexity index is 405. The quantitative estimate of drug-likeness (QED) is 0.823. The van der Waals surface area contributed by atoms with E-state index in [4.69, 9.17) is 5.26 Å². The molecule has 0 saturated carbocycles. The highest BCUT2D eigenvalue weighted by molar-refractivity contribution is 7.80. The summed E-state index contributed by atoms with van der Waals surface area (Å²) in [5.41, 5.74) is 1.90. The molecule has 0 radical (unpaired) electrons. The van der Waals surface area contributed by atoms with Gasteiger partial charge in [-0.3, -0.25) is 4.90 Å². The first kappa shape index (κ1) is 12.3. The molecule has 17 heavy (non-hydrogen) atoms. The molecule has 0 unspecified atom stereocenters. The molecule has 1 aliphatic heterocycles. The third-order valence-corrected chi connectivity index (χ3v) is 3.33. The zero-order chi connectivity index (χ0) is 12.1. The standard InChI is InChI=1S/C13H17N3S/c14-11-12-2-1-3-13(10-12)16-6-4-15(5-7-16)8-9-17/h1-3,10,17H,4-9H2. The van der Waals surface area contributed by atoms with Crippen LogP contribution < -0.4 is 4.90 Å². The van der Waals surface area contributed by atoms with Crippen molar-refractivity contribution in [2.75, 3.05) is 43.4 Å². The summed E-state index contributed by atoms with van der Waals surface area (Å²) in [6, 6.07) is 10.0. The molecule has 90 valence electrons. The third-order valence-electron chi connectivity index (χ3n) is 3.13. The van der Waals surface area contributed by atoms with E-state index in [2.05, 4.69) is 34.6 Å². The van der Waals surface area contributed by atoms with Crippen LogP contribution in [0.15, 0.2) is 24.3 Å². The second kappa shape index (κ2) is 5.95. The van der Waals surface area contributed by atoms with E-state index in [9.17, 15) is 0 Å². The maximum Gasteiger partial charge on any atom is 0.0992 e. The number of hydrogen-bond acceptors (Lipinski definition) is 4. The molecule has 4 heteroatoms.